The fourth-order valence-corrected chi connectivity index (χ4v) is 4.37. The molecule has 2 heterocycles. The molecule has 1 atom stereocenters. The fourth-order valence-electron chi connectivity index (χ4n) is 4.37. The highest BCUT2D eigenvalue weighted by molar-refractivity contribution is 5.81. The summed E-state index contributed by atoms with van der Waals surface area (Å²) in [5.74, 6) is 1.24. The second kappa shape index (κ2) is 7.85. The highest BCUT2D eigenvalue weighted by atomic mass is 16.2. The Kier molecular flexibility index (Phi) is 5.80. The van der Waals surface area contributed by atoms with Gasteiger partial charge in [0.25, 0.3) is 0 Å². The molecule has 0 aromatic carbocycles. The van der Waals surface area contributed by atoms with Gasteiger partial charge in [0.05, 0.1) is 5.92 Å². The van der Waals surface area contributed by atoms with Crippen molar-refractivity contribution in [3.8, 4) is 0 Å². The van der Waals surface area contributed by atoms with Crippen LogP contribution in [0.1, 0.15) is 52.4 Å². The predicted molar refractivity (Wildman–Crippen MR) is 94.6 cm³/mol. The molecule has 0 unspecified atom stereocenters. The van der Waals surface area contributed by atoms with E-state index in [2.05, 4.69) is 23.6 Å². The molecule has 0 aromatic heterocycles. The summed E-state index contributed by atoms with van der Waals surface area (Å²) in [6.45, 7) is 9.60. The van der Waals surface area contributed by atoms with E-state index in [0.29, 0.717) is 23.8 Å². The van der Waals surface area contributed by atoms with Crippen LogP contribution in [0.2, 0.25) is 0 Å². The predicted octanol–water partition coefficient (Wildman–Crippen LogP) is 1.97. The summed E-state index contributed by atoms with van der Waals surface area (Å²) < 4.78 is 0. The van der Waals surface area contributed by atoms with E-state index in [4.69, 9.17) is 0 Å². The lowest BCUT2D eigenvalue weighted by Crippen LogP contribution is -2.52. The first-order valence-corrected chi connectivity index (χ1v) is 9.95. The molecule has 0 spiro atoms. The molecule has 1 aliphatic carbocycles. The van der Waals surface area contributed by atoms with E-state index in [1.807, 2.05) is 4.90 Å². The van der Waals surface area contributed by atoms with Gasteiger partial charge in [-0.05, 0) is 58.9 Å². The first-order chi connectivity index (χ1) is 11.6. The topological polar surface area (TPSA) is 43.9 Å². The lowest BCUT2D eigenvalue weighted by atomic mass is 9.92. The lowest BCUT2D eigenvalue weighted by molar-refractivity contribution is -0.137. The summed E-state index contributed by atoms with van der Waals surface area (Å²) in [4.78, 5) is 31.4. The first kappa shape index (κ1) is 17.7. The minimum absolute atomic E-state index is 0.171. The number of likely N-dealkylation sites (tertiary alicyclic amines) is 2. The monoisotopic (exact) mass is 335 g/mol. The van der Waals surface area contributed by atoms with E-state index < -0.39 is 0 Å². The van der Waals surface area contributed by atoms with Gasteiger partial charge in [-0.15, -0.1) is 0 Å². The summed E-state index contributed by atoms with van der Waals surface area (Å²) in [5, 5.41) is 0. The third-order valence-corrected chi connectivity index (χ3v) is 6.10. The molecule has 5 nitrogen and oxygen atoms in total. The number of hydrogen-bond donors (Lipinski definition) is 0. The Balaban J connectivity index is 1.50. The maximum atomic E-state index is 12.7. The van der Waals surface area contributed by atoms with Gasteiger partial charge in [0.2, 0.25) is 11.8 Å². The van der Waals surface area contributed by atoms with Crippen LogP contribution in [-0.2, 0) is 9.59 Å². The molecule has 0 bridgehead atoms. The van der Waals surface area contributed by atoms with Crippen LogP contribution in [0, 0.1) is 11.8 Å². The Bertz CT molecular complexity index is 452. The van der Waals surface area contributed by atoms with Crippen molar-refractivity contribution in [2.24, 2.45) is 11.8 Å². The van der Waals surface area contributed by atoms with Crippen molar-refractivity contribution in [1.29, 1.82) is 0 Å². The summed E-state index contributed by atoms with van der Waals surface area (Å²) >= 11 is 0. The number of hydrogen-bond acceptors (Lipinski definition) is 3. The minimum Gasteiger partial charge on any atom is -0.343 e. The Morgan fingerprint density at radius 2 is 1.58 bits per heavy atom. The van der Waals surface area contributed by atoms with Crippen molar-refractivity contribution in [1.82, 2.24) is 14.7 Å². The molecule has 2 aliphatic heterocycles. The highest BCUT2D eigenvalue weighted by Gasteiger charge is 2.37. The number of rotatable bonds is 5. The number of carbonyl (C=O) groups is 2. The van der Waals surface area contributed by atoms with Crippen molar-refractivity contribution in [3.63, 3.8) is 0 Å². The molecule has 1 saturated carbocycles. The third-order valence-electron chi connectivity index (χ3n) is 6.10. The Morgan fingerprint density at radius 3 is 2.17 bits per heavy atom. The van der Waals surface area contributed by atoms with Gasteiger partial charge < -0.3 is 9.80 Å². The smallest absolute Gasteiger partial charge is 0.226 e. The number of amides is 2. The van der Waals surface area contributed by atoms with Crippen LogP contribution in [0.15, 0.2) is 0 Å². The summed E-state index contributed by atoms with van der Waals surface area (Å²) in [5.41, 5.74) is 0. The first-order valence-electron chi connectivity index (χ1n) is 9.95. The molecule has 2 amide bonds. The van der Waals surface area contributed by atoms with E-state index in [0.717, 1.165) is 77.8 Å². The van der Waals surface area contributed by atoms with Gasteiger partial charge in [-0.25, -0.2) is 0 Å². The van der Waals surface area contributed by atoms with Crippen molar-refractivity contribution in [2.45, 2.75) is 58.4 Å². The SMILES string of the molecule is CCN(CC)C(=O)[C@@H]1CCCN(C2CCN(C(=O)C3CC3)CC2)C1. The van der Waals surface area contributed by atoms with Gasteiger partial charge in [0.1, 0.15) is 0 Å². The zero-order valence-electron chi connectivity index (χ0n) is 15.4. The zero-order valence-corrected chi connectivity index (χ0v) is 15.4. The number of carbonyl (C=O) groups excluding carboxylic acids is 2. The quantitative estimate of drug-likeness (QED) is 0.771. The van der Waals surface area contributed by atoms with Crippen LogP contribution < -0.4 is 0 Å². The molecule has 24 heavy (non-hydrogen) atoms. The molecule has 0 radical (unpaired) electrons. The van der Waals surface area contributed by atoms with Crippen LogP contribution in [0.25, 0.3) is 0 Å². The average Bonchev–Trinajstić information content (AvgIpc) is 3.47. The second-order valence-electron chi connectivity index (χ2n) is 7.68. The Labute approximate surface area is 146 Å². The second-order valence-corrected chi connectivity index (χ2v) is 7.68. The van der Waals surface area contributed by atoms with Crippen molar-refractivity contribution >= 4 is 11.8 Å². The lowest BCUT2D eigenvalue weighted by Gasteiger charge is -2.42. The average molecular weight is 335 g/mol. The maximum absolute atomic E-state index is 12.7. The summed E-state index contributed by atoms with van der Waals surface area (Å²) in [7, 11) is 0. The van der Waals surface area contributed by atoms with Gasteiger partial charge in [-0.1, -0.05) is 0 Å². The maximum Gasteiger partial charge on any atom is 0.226 e. The normalized spacial score (nSPS) is 26.4. The number of nitrogens with zero attached hydrogens (tertiary/aromatic N) is 3. The van der Waals surface area contributed by atoms with Crippen molar-refractivity contribution in [3.05, 3.63) is 0 Å². The largest absolute Gasteiger partial charge is 0.343 e. The number of piperidine rings is 2. The third kappa shape index (κ3) is 3.93. The molecule has 0 N–H and O–H groups in total. The Morgan fingerprint density at radius 1 is 0.917 bits per heavy atom. The van der Waals surface area contributed by atoms with E-state index in [1.54, 1.807) is 0 Å². The molecule has 3 fully saturated rings. The van der Waals surface area contributed by atoms with E-state index in [1.165, 1.54) is 0 Å². The van der Waals surface area contributed by atoms with Crippen LogP contribution in [0.4, 0.5) is 0 Å². The molecule has 2 saturated heterocycles. The molecular formula is C19H33N3O2. The van der Waals surface area contributed by atoms with E-state index >= 15 is 0 Å². The molecule has 5 heteroatoms. The van der Waals surface area contributed by atoms with Crippen LogP contribution >= 0.6 is 0 Å². The van der Waals surface area contributed by atoms with Gasteiger partial charge in [-0.3, -0.25) is 14.5 Å². The molecule has 136 valence electrons. The van der Waals surface area contributed by atoms with Crippen molar-refractivity contribution < 1.29 is 9.59 Å². The molecule has 3 aliphatic rings. The minimum atomic E-state index is 0.171. The molecular weight excluding hydrogens is 302 g/mol. The Hall–Kier alpha value is -1.10. The van der Waals surface area contributed by atoms with E-state index in [-0.39, 0.29) is 5.92 Å². The van der Waals surface area contributed by atoms with Gasteiger partial charge in [0, 0.05) is 44.7 Å². The van der Waals surface area contributed by atoms with Crippen LogP contribution in [0.5, 0.6) is 0 Å². The van der Waals surface area contributed by atoms with Gasteiger partial charge in [-0.2, -0.15) is 0 Å². The van der Waals surface area contributed by atoms with Crippen LogP contribution in [-0.4, -0.2) is 71.8 Å². The fraction of sp³-hybridized carbons (Fsp3) is 0.895. The van der Waals surface area contributed by atoms with Gasteiger partial charge >= 0.3 is 0 Å². The highest BCUT2D eigenvalue weighted by Crippen LogP contribution is 2.32. The molecule has 3 rings (SSSR count). The molecule has 0 aromatic rings. The van der Waals surface area contributed by atoms with E-state index in [9.17, 15) is 9.59 Å². The van der Waals surface area contributed by atoms with Crippen molar-refractivity contribution in [2.75, 3.05) is 39.3 Å². The zero-order chi connectivity index (χ0) is 17.1. The summed E-state index contributed by atoms with van der Waals surface area (Å²) in [6, 6.07) is 0.556. The standard InChI is InChI=1S/C19H33N3O2/c1-3-20(4-2)19(24)16-6-5-11-22(14-16)17-9-12-21(13-10-17)18(23)15-7-8-15/h15-17H,3-14H2,1-2H3/t16-/m1/s1. The van der Waals surface area contributed by atoms with Crippen LogP contribution in [0.3, 0.4) is 0 Å². The summed E-state index contributed by atoms with van der Waals surface area (Å²) in [6.07, 6.45) is 6.50. The van der Waals surface area contributed by atoms with Gasteiger partial charge in [0.15, 0.2) is 0 Å².